The molecule has 2 aliphatic rings. The molecule has 0 bridgehead atoms. The lowest BCUT2D eigenvalue weighted by atomic mass is 9.93. The van der Waals surface area contributed by atoms with E-state index < -0.39 is 0 Å². The number of hydrogen-bond donors (Lipinski definition) is 1. The van der Waals surface area contributed by atoms with E-state index in [0.29, 0.717) is 23.9 Å². The van der Waals surface area contributed by atoms with Gasteiger partial charge >= 0.3 is 0 Å². The van der Waals surface area contributed by atoms with Crippen LogP contribution in [0.5, 0.6) is 0 Å². The summed E-state index contributed by atoms with van der Waals surface area (Å²) in [6.45, 7) is 6.80. The molecular formula is C16H21N5OS. The lowest BCUT2D eigenvalue weighted by molar-refractivity contribution is 0.0946. The average molecular weight is 331 g/mol. The summed E-state index contributed by atoms with van der Waals surface area (Å²) >= 11 is 1.75. The number of likely N-dealkylation sites (tertiary alicyclic amines) is 1. The Morgan fingerprint density at radius 2 is 2.22 bits per heavy atom. The molecule has 7 heteroatoms. The van der Waals surface area contributed by atoms with Crippen molar-refractivity contribution in [2.45, 2.75) is 19.6 Å². The maximum atomic E-state index is 6.01. The number of nitrogens with one attached hydrogen (secondary N) is 1. The first-order valence-corrected chi connectivity index (χ1v) is 8.92. The molecule has 0 radical (unpaired) electrons. The molecule has 0 amide bonds. The predicted octanol–water partition coefficient (Wildman–Crippen LogP) is 1.80. The Bertz CT molecular complexity index is 649. The van der Waals surface area contributed by atoms with E-state index in [9.17, 15) is 0 Å². The fourth-order valence-electron chi connectivity index (χ4n) is 3.50. The minimum absolute atomic E-state index is 0.361. The van der Waals surface area contributed by atoms with Gasteiger partial charge in [0.15, 0.2) is 0 Å². The minimum Gasteiger partial charge on any atom is -0.376 e. The van der Waals surface area contributed by atoms with Gasteiger partial charge in [-0.3, -0.25) is 4.90 Å². The Kier molecular flexibility index (Phi) is 4.24. The maximum Gasteiger partial charge on any atom is 0.222 e. The molecule has 0 aliphatic carbocycles. The third kappa shape index (κ3) is 3.36. The molecule has 2 aromatic rings. The van der Waals surface area contributed by atoms with Crippen molar-refractivity contribution in [3.8, 4) is 0 Å². The van der Waals surface area contributed by atoms with Gasteiger partial charge < -0.3 is 10.1 Å². The zero-order valence-electron chi connectivity index (χ0n) is 13.2. The van der Waals surface area contributed by atoms with Crippen LogP contribution in [0.3, 0.4) is 0 Å². The molecule has 2 saturated heterocycles. The van der Waals surface area contributed by atoms with Crippen molar-refractivity contribution in [3.05, 3.63) is 34.5 Å². The van der Waals surface area contributed by atoms with Crippen molar-refractivity contribution in [1.29, 1.82) is 0 Å². The first-order valence-electron chi connectivity index (χ1n) is 8.04. The SMILES string of the molecule is Cc1csc(CN2C[C@H]3[C@H](CNc4ncccn4)CO[C@H]3C2)n1. The fraction of sp³-hybridized carbons (Fsp3) is 0.562. The third-order valence-electron chi connectivity index (χ3n) is 4.63. The highest BCUT2D eigenvalue weighted by Gasteiger charge is 2.43. The van der Waals surface area contributed by atoms with E-state index in [4.69, 9.17) is 4.74 Å². The van der Waals surface area contributed by atoms with Gasteiger partial charge in [0, 0.05) is 54.9 Å². The normalized spacial score (nSPS) is 27.3. The fourth-order valence-corrected chi connectivity index (χ4v) is 4.31. The highest BCUT2D eigenvalue weighted by molar-refractivity contribution is 7.09. The summed E-state index contributed by atoms with van der Waals surface area (Å²) in [7, 11) is 0. The van der Waals surface area contributed by atoms with Crippen LogP contribution >= 0.6 is 11.3 Å². The van der Waals surface area contributed by atoms with E-state index in [2.05, 4.69) is 37.5 Å². The molecule has 0 saturated carbocycles. The summed E-state index contributed by atoms with van der Waals surface area (Å²) in [5.74, 6) is 1.81. The Hall–Kier alpha value is -1.57. The smallest absolute Gasteiger partial charge is 0.222 e. The van der Waals surface area contributed by atoms with E-state index in [0.717, 1.165) is 38.5 Å². The third-order valence-corrected chi connectivity index (χ3v) is 5.58. The van der Waals surface area contributed by atoms with E-state index in [1.807, 2.05) is 6.07 Å². The second-order valence-electron chi connectivity index (χ2n) is 6.33. The summed E-state index contributed by atoms with van der Waals surface area (Å²) in [4.78, 5) is 15.5. The lowest BCUT2D eigenvalue weighted by Crippen LogP contribution is -2.27. The summed E-state index contributed by atoms with van der Waals surface area (Å²) in [6, 6.07) is 1.83. The molecule has 0 aromatic carbocycles. The number of rotatable bonds is 5. The number of aryl methyl sites for hydroxylation is 1. The predicted molar refractivity (Wildman–Crippen MR) is 89.4 cm³/mol. The van der Waals surface area contributed by atoms with Crippen molar-refractivity contribution in [2.24, 2.45) is 11.8 Å². The first-order chi connectivity index (χ1) is 11.3. The van der Waals surface area contributed by atoms with E-state index >= 15 is 0 Å². The Morgan fingerprint density at radius 3 is 3.00 bits per heavy atom. The number of fused-ring (bicyclic) bond motifs is 1. The molecule has 4 rings (SSSR count). The van der Waals surface area contributed by atoms with Gasteiger partial charge in [0.2, 0.25) is 5.95 Å². The molecule has 1 N–H and O–H groups in total. The largest absolute Gasteiger partial charge is 0.376 e. The van der Waals surface area contributed by atoms with Crippen LogP contribution in [0.2, 0.25) is 0 Å². The summed E-state index contributed by atoms with van der Waals surface area (Å²) in [5.41, 5.74) is 1.12. The van der Waals surface area contributed by atoms with Crippen molar-refractivity contribution >= 4 is 17.3 Å². The van der Waals surface area contributed by atoms with Crippen LogP contribution in [0.4, 0.5) is 5.95 Å². The number of thiazole rings is 1. The monoisotopic (exact) mass is 331 g/mol. The van der Waals surface area contributed by atoms with Gasteiger partial charge in [0.05, 0.1) is 19.3 Å². The highest BCUT2D eigenvalue weighted by Crippen LogP contribution is 2.34. The van der Waals surface area contributed by atoms with Crippen molar-refractivity contribution in [1.82, 2.24) is 19.9 Å². The quantitative estimate of drug-likeness (QED) is 0.901. The Morgan fingerprint density at radius 1 is 1.35 bits per heavy atom. The second-order valence-corrected chi connectivity index (χ2v) is 7.27. The van der Waals surface area contributed by atoms with E-state index in [1.165, 1.54) is 5.01 Å². The van der Waals surface area contributed by atoms with E-state index in [-0.39, 0.29) is 0 Å². The highest BCUT2D eigenvalue weighted by atomic mass is 32.1. The van der Waals surface area contributed by atoms with E-state index in [1.54, 1.807) is 23.7 Å². The molecular weight excluding hydrogens is 310 g/mol. The lowest BCUT2D eigenvalue weighted by Gasteiger charge is -2.19. The second kappa shape index (κ2) is 6.51. The number of ether oxygens (including phenoxy) is 1. The van der Waals surface area contributed by atoms with Crippen LogP contribution in [0.1, 0.15) is 10.7 Å². The number of anilines is 1. The Balaban J connectivity index is 1.32. The summed E-state index contributed by atoms with van der Waals surface area (Å²) in [5, 5.41) is 6.66. The minimum atomic E-state index is 0.361. The van der Waals surface area contributed by atoms with Crippen LogP contribution in [-0.2, 0) is 11.3 Å². The van der Waals surface area contributed by atoms with Crippen LogP contribution in [0.25, 0.3) is 0 Å². The van der Waals surface area contributed by atoms with Crippen molar-refractivity contribution in [3.63, 3.8) is 0 Å². The van der Waals surface area contributed by atoms with Crippen LogP contribution < -0.4 is 5.32 Å². The molecule has 3 atom stereocenters. The van der Waals surface area contributed by atoms with Crippen LogP contribution in [0, 0.1) is 18.8 Å². The topological polar surface area (TPSA) is 63.2 Å². The van der Waals surface area contributed by atoms with Gasteiger partial charge in [-0.25, -0.2) is 15.0 Å². The zero-order chi connectivity index (χ0) is 15.6. The Labute approximate surface area is 139 Å². The van der Waals surface area contributed by atoms with Gasteiger partial charge in [0.25, 0.3) is 0 Å². The summed E-state index contributed by atoms with van der Waals surface area (Å²) in [6.07, 6.45) is 3.88. The standard InChI is InChI=1S/C16H21N5OS/c1-11-10-23-15(20-11)8-21-6-13-12(9-22-14(13)7-21)5-19-16-17-3-2-4-18-16/h2-4,10,12-14H,5-9H2,1H3,(H,17,18,19)/t12-,13+,14+/m1/s1. The zero-order valence-corrected chi connectivity index (χ0v) is 14.0. The molecule has 2 fully saturated rings. The maximum absolute atomic E-state index is 6.01. The summed E-state index contributed by atoms with van der Waals surface area (Å²) < 4.78 is 6.01. The molecule has 122 valence electrons. The molecule has 23 heavy (non-hydrogen) atoms. The van der Waals surface area contributed by atoms with Crippen LogP contribution in [0.15, 0.2) is 23.8 Å². The number of hydrogen-bond acceptors (Lipinski definition) is 7. The first kappa shape index (κ1) is 15.0. The molecule has 0 unspecified atom stereocenters. The van der Waals surface area contributed by atoms with Gasteiger partial charge in [0.1, 0.15) is 5.01 Å². The molecule has 2 aliphatic heterocycles. The number of aromatic nitrogens is 3. The van der Waals surface area contributed by atoms with Gasteiger partial charge in [-0.2, -0.15) is 0 Å². The molecule has 6 nitrogen and oxygen atoms in total. The van der Waals surface area contributed by atoms with Gasteiger partial charge in [-0.1, -0.05) is 0 Å². The average Bonchev–Trinajstić information content (AvgIpc) is 3.23. The molecule has 4 heterocycles. The van der Waals surface area contributed by atoms with Crippen LogP contribution in [-0.4, -0.2) is 52.2 Å². The van der Waals surface area contributed by atoms with Crippen molar-refractivity contribution in [2.75, 3.05) is 31.6 Å². The van der Waals surface area contributed by atoms with Gasteiger partial charge in [-0.05, 0) is 13.0 Å². The van der Waals surface area contributed by atoms with Gasteiger partial charge in [-0.15, -0.1) is 11.3 Å². The molecule has 2 aromatic heterocycles. The van der Waals surface area contributed by atoms with Crippen molar-refractivity contribution < 1.29 is 4.74 Å². The number of nitrogens with zero attached hydrogens (tertiary/aromatic N) is 4. The molecule has 0 spiro atoms.